The van der Waals surface area contributed by atoms with Crippen molar-refractivity contribution in [2.45, 2.75) is 13.5 Å². The molecule has 7 nitrogen and oxygen atoms in total. The predicted molar refractivity (Wildman–Crippen MR) is 83.8 cm³/mol. The first kappa shape index (κ1) is 13.3. The molecular formula is C15H18N6O. The van der Waals surface area contributed by atoms with Crippen molar-refractivity contribution in [1.82, 2.24) is 24.7 Å². The van der Waals surface area contributed by atoms with E-state index in [-0.39, 0.29) is 0 Å². The van der Waals surface area contributed by atoms with Crippen LogP contribution in [0, 0.1) is 0 Å². The van der Waals surface area contributed by atoms with Crippen molar-refractivity contribution in [2.24, 2.45) is 0 Å². The highest BCUT2D eigenvalue weighted by molar-refractivity contribution is 6.00. The Morgan fingerprint density at radius 2 is 2.14 bits per heavy atom. The van der Waals surface area contributed by atoms with Gasteiger partial charge in [-0.25, -0.2) is 9.97 Å². The Hall–Kier alpha value is -2.41. The fraction of sp³-hybridized carbons (Fsp3) is 0.400. The number of ether oxygens (including phenoxy) is 1. The van der Waals surface area contributed by atoms with E-state index in [0.717, 1.165) is 60.8 Å². The molecule has 22 heavy (non-hydrogen) atoms. The molecule has 0 radical (unpaired) electrons. The molecule has 7 heteroatoms. The fourth-order valence-corrected chi connectivity index (χ4v) is 2.86. The lowest BCUT2D eigenvalue weighted by molar-refractivity contribution is 0.122. The molecule has 0 aromatic carbocycles. The minimum Gasteiger partial charge on any atom is -0.378 e. The van der Waals surface area contributed by atoms with Gasteiger partial charge in [0.05, 0.1) is 24.8 Å². The first-order chi connectivity index (χ1) is 10.9. The molecule has 1 saturated heterocycles. The van der Waals surface area contributed by atoms with E-state index < -0.39 is 0 Å². The Morgan fingerprint density at radius 1 is 1.27 bits per heavy atom. The van der Waals surface area contributed by atoms with Gasteiger partial charge in [-0.2, -0.15) is 5.10 Å². The van der Waals surface area contributed by atoms with Gasteiger partial charge in [0.15, 0.2) is 0 Å². The van der Waals surface area contributed by atoms with Crippen LogP contribution >= 0.6 is 0 Å². The molecular weight excluding hydrogens is 280 g/mol. The molecule has 114 valence electrons. The number of aromatic nitrogens is 5. The Labute approximate surface area is 127 Å². The second kappa shape index (κ2) is 5.42. The quantitative estimate of drug-likeness (QED) is 0.796. The Morgan fingerprint density at radius 3 is 2.91 bits per heavy atom. The van der Waals surface area contributed by atoms with Gasteiger partial charge in [-0.1, -0.05) is 0 Å². The summed E-state index contributed by atoms with van der Waals surface area (Å²) in [5.74, 6) is 0.966. The van der Waals surface area contributed by atoms with Gasteiger partial charge in [-0.15, -0.1) is 0 Å². The summed E-state index contributed by atoms with van der Waals surface area (Å²) in [5.41, 5.74) is 3.03. The average molecular weight is 298 g/mol. The number of morpholine rings is 1. The van der Waals surface area contributed by atoms with Crippen molar-refractivity contribution in [3.05, 3.63) is 24.9 Å². The zero-order chi connectivity index (χ0) is 14.9. The van der Waals surface area contributed by atoms with Gasteiger partial charge < -0.3 is 14.6 Å². The maximum absolute atomic E-state index is 5.44. The first-order valence-corrected chi connectivity index (χ1v) is 7.54. The van der Waals surface area contributed by atoms with E-state index in [1.165, 1.54) is 0 Å². The second-order valence-electron chi connectivity index (χ2n) is 5.31. The highest BCUT2D eigenvalue weighted by Gasteiger charge is 2.20. The molecule has 3 aromatic heterocycles. The van der Waals surface area contributed by atoms with Crippen LogP contribution in [0.2, 0.25) is 0 Å². The van der Waals surface area contributed by atoms with Crippen LogP contribution in [0.5, 0.6) is 0 Å². The number of H-pyrrole nitrogens is 1. The van der Waals surface area contributed by atoms with E-state index in [2.05, 4.69) is 38.1 Å². The lowest BCUT2D eigenvalue weighted by Crippen LogP contribution is -2.36. The van der Waals surface area contributed by atoms with E-state index in [0.29, 0.717) is 0 Å². The van der Waals surface area contributed by atoms with Crippen LogP contribution in [0.15, 0.2) is 24.9 Å². The third kappa shape index (κ3) is 2.14. The smallest absolute Gasteiger partial charge is 0.143 e. The summed E-state index contributed by atoms with van der Waals surface area (Å²) in [6, 6.07) is 0. The number of aryl methyl sites for hydroxylation is 1. The fourth-order valence-electron chi connectivity index (χ4n) is 2.86. The standard InChI is InChI=1S/C15H18N6O/c1-2-21-9-11(7-19-21)12-8-16-14-13(12)15(18-10-17-14)20-3-5-22-6-4-20/h7-10H,2-6H2,1H3,(H,16,17,18). The van der Waals surface area contributed by atoms with Gasteiger partial charge in [0.1, 0.15) is 17.8 Å². The number of aromatic amines is 1. The van der Waals surface area contributed by atoms with Crippen LogP contribution in [0.4, 0.5) is 5.82 Å². The molecule has 0 bridgehead atoms. The summed E-state index contributed by atoms with van der Waals surface area (Å²) < 4.78 is 7.36. The zero-order valence-electron chi connectivity index (χ0n) is 12.5. The number of hydrogen-bond donors (Lipinski definition) is 1. The normalized spacial score (nSPS) is 15.6. The van der Waals surface area contributed by atoms with Crippen molar-refractivity contribution >= 4 is 16.9 Å². The minimum absolute atomic E-state index is 0.735. The van der Waals surface area contributed by atoms with E-state index in [9.17, 15) is 0 Å². The van der Waals surface area contributed by atoms with Crippen molar-refractivity contribution in [1.29, 1.82) is 0 Å². The third-order valence-corrected chi connectivity index (χ3v) is 4.03. The average Bonchev–Trinajstić information content (AvgIpc) is 3.21. The summed E-state index contributed by atoms with van der Waals surface area (Å²) in [6.45, 7) is 6.11. The van der Waals surface area contributed by atoms with Gasteiger partial charge in [-0.3, -0.25) is 4.68 Å². The Kier molecular flexibility index (Phi) is 3.27. The predicted octanol–water partition coefficient (Wildman–Crippen LogP) is 1.68. The van der Waals surface area contributed by atoms with Crippen LogP contribution in [0.1, 0.15) is 6.92 Å². The van der Waals surface area contributed by atoms with Gasteiger partial charge in [0, 0.05) is 43.2 Å². The van der Waals surface area contributed by atoms with Crippen LogP contribution in [-0.2, 0) is 11.3 Å². The van der Waals surface area contributed by atoms with Crippen LogP contribution < -0.4 is 4.90 Å². The van der Waals surface area contributed by atoms with E-state index >= 15 is 0 Å². The van der Waals surface area contributed by atoms with Crippen LogP contribution in [-0.4, -0.2) is 51.0 Å². The molecule has 0 amide bonds. The van der Waals surface area contributed by atoms with E-state index in [1.54, 1.807) is 6.33 Å². The Balaban J connectivity index is 1.85. The molecule has 4 rings (SSSR count). The number of nitrogens with one attached hydrogen (secondary N) is 1. The van der Waals surface area contributed by atoms with Crippen molar-refractivity contribution < 1.29 is 4.74 Å². The number of anilines is 1. The SMILES string of the molecule is CCn1cc(-c2c[nH]c3ncnc(N4CCOCC4)c23)cn1. The number of nitrogens with zero attached hydrogens (tertiary/aromatic N) is 5. The third-order valence-electron chi connectivity index (χ3n) is 4.03. The molecule has 0 saturated carbocycles. The lowest BCUT2D eigenvalue weighted by atomic mass is 10.1. The van der Waals surface area contributed by atoms with Crippen molar-refractivity contribution in [3.8, 4) is 11.1 Å². The van der Waals surface area contributed by atoms with Gasteiger partial charge in [0.2, 0.25) is 0 Å². The maximum Gasteiger partial charge on any atom is 0.143 e. The highest BCUT2D eigenvalue weighted by Crippen LogP contribution is 2.33. The van der Waals surface area contributed by atoms with Crippen molar-refractivity contribution in [3.63, 3.8) is 0 Å². The summed E-state index contributed by atoms with van der Waals surface area (Å²) in [5, 5.41) is 5.42. The molecule has 1 N–H and O–H groups in total. The molecule has 3 aromatic rings. The molecule has 1 aliphatic heterocycles. The van der Waals surface area contributed by atoms with E-state index in [1.807, 2.05) is 17.1 Å². The first-order valence-electron chi connectivity index (χ1n) is 7.54. The molecule has 0 unspecified atom stereocenters. The van der Waals surface area contributed by atoms with Gasteiger partial charge in [0.25, 0.3) is 0 Å². The zero-order valence-corrected chi connectivity index (χ0v) is 12.5. The maximum atomic E-state index is 5.44. The van der Waals surface area contributed by atoms with E-state index in [4.69, 9.17) is 4.74 Å². The molecule has 0 aliphatic carbocycles. The monoisotopic (exact) mass is 298 g/mol. The topological polar surface area (TPSA) is 71.9 Å². The summed E-state index contributed by atoms with van der Waals surface area (Å²) >= 11 is 0. The highest BCUT2D eigenvalue weighted by atomic mass is 16.5. The second-order valence-corrected chi connectivity index (χ2v) is 5.31. The largest absolute Gasteiger partial charge is 0.378 e. The molecule has 4 heterocycles. The summed E-state index contributed by atoms with van der Waals surface area (Å²) in [4.78, 5) is 14.4. The number of rotatable bonds is 3. The molecule has 0 spiro atoms. The van der Waals surface area contributed by atoms with Gasteiger partial charge >= 0.3 is 0 Å². The Bertz CT molecular complexity index is 786. The van der Waals surface area contributed by atoms with Crippen LogP contribution in [0.25, 0.3) is 22.2 Å². The summed E-state index contributed by atoms with van der Waals surface area (Å²) in [6.07, 6.45) is 7.55. The van der Waals surface area contributed by atoms with Crippen LogP contribution in [0.3, 0.4) is 0 Å². The molecule has 0 atom stereocenters. The number of fused-ring (bicyclic) bond motifs is 1. The summed E-state index contributed by atoms with van der Waals surface area (Å²) in [7, 11) is 0. The number of hydrogen-bond acceptors (Lipinski definition) is 5. The lowest BCUT2D eigenvalue weighted by Gasteiger charge is -2.28. The van der Waals surface area contributed by atoms with Gasteiger partial charge in [-0.05, 0) is 6.92 Å². The molecule has 1 fully saturated rings. The minimum atomic E-state index is 0.735. The van der Waals surface area contributed by atoms with Crippen molar-refractivity contribution in [2.75, 3.05) is 31.2 Å². The molecule has 1 aliphatic rings.